The molecule has 1 N–H and O–H groups in total. The lowest BCUT2D eigenvalue weighted by Crippen LogP contribution is -2.18. The molecule has 0 spiro atoms. The van der Waals surface area contributed by atoms with Crippen LogP contribution in [0.1, 0.15) is 32.9 Å². The van der Waals surface area contributed by atoms with Crippen LogP contribution in [0.4, 0.5) is 0 Å². The number of amides is 1. The number of aryl methyl sites for hydroxylation is 2. The van der Waals surface area contributed by atoms with Crippen molar-refractivity contribution in [2.75, 3.05) is 0 Å². The van der Waals surface area contributed by atoms with Gasteiger partial charge in [-0.05, 0) is 73.2 Å². The fourth-order valence-electron chi connectivity index (χ4n) is 2.97. The van der Waals surface area contributed by atoms with Gasteiger partial charge in [0.15, 0.2) is 0 Å². The van der Waals surface area contributed by atoms with Crippen LogP contribution >= 0.6 is 22.6 Å². The van der Waals surface area contributed by atoms with Gasteiger partial charge in [0.2, 0.25) is 0 Å². The molecule has 1 heterocycles. The monoisotopic (exact) mass is 457 g/mol. The van der Waals surface area contributed by atoms with E-state index in [-0.39, 0.29) is 5.91 Å². The van der Waals surface area contributed by atoms with E-state index in [1.807, 2.05) is 37.3 Å². The van der Waals surface area contributed by atoms with Crippen molar-refractivity contribution in [3.63, 3.8) is 0 Å². The van der Waals surface area contributed by atoms with Crippen molar-refractivity contribution < 1.29 is 4.79 Å². The van der Waals surface area contributed by atoms with E-state index in [1.54, 1.807) is 12.3 Å². The SMILES string of the molecule is Cc1ccccc1C(=O)N/N=C/c1cc(C)n(-c2ccccc2I)c1C. The highest BCUT2D eigenvalue weighted by Gasteiger charge is 2.12. The number of para-hydroxylation sites is 1. The van der Waals surface area contributed by atoms with Crippen LogP contribution in [0, 0.1) is 24.3 Å². The van der Waals surface area contributed by atoms with Crippen molar-refractivity contribution >= 4 is 34.7 Å². The quantitative estimate of drug-likeness (QED) is 0.343. The van der Waals surface area contributed by atoms with Gasteiger partial charge in [0.05, 0.1) is 11.9 Å². The van der Waals surface area contributed by atoms with E-state index < -0.39 is 0 Å². The molecule has 1 amide bonds. The van der Waals surface area contributed by atoms with E-state index in [0.29, 0.717) is 5.56 Å². The fraction of sp³-hybridized carbons (Fsp3) is 0.143. The van der Waals surface area contributed by atoms with Gasteiger partial charge < -0.3 is 4.57 Å². The highest BCUT2D eigenvalue weighted by molar-refractivity contribution is 14.1. The molecule has 0 fully saturated rings. The number of nitrogens with zero attached hydrogens (tertiary/aromatic N) is 2. The average Bonchev–Trinajstić information content (AvgIpc) is 2.90. The van der Waals surface area contributed by atoms with Crippen LogP contribution in [-0.2, 0) is 0 Å². The van der Waals surface area contributed by atoms with Gasteiger partial charge in [0.25, 0.3) is 5.91 Å². The van der Waals surface area contributed by atoms with E-state index in [1.165, 1.54) is 3.57 Å². The summed E-state index contributed by atoms with van der Waals surface area (Å²) in [6, 6.07) is 17.8. The third-order valence-electron chi connectivity index (χ3n) is 4.32. The molecule has 0 unspecified atom stereocenters. The maximum Gasteiger partial charge on any atom is 0.271 e. The Morgan fingerprint density at radius 2 is 1.77 bits per heavy atom. The molecule has 1 aromatic heterocycles. The second kappa shape index (κ2) is 7.86. The number of hydrogen-bond acceptors (Lipinski definition) is 2. The number of nitrogens with one attached hydrogen (secondary N) is 1. The molecule has 132 valence electrons. The molecule has 2 aromatic carbocycles. The molecule has 5 heteroatoms. The molecule has 0 aliphatic heterocycles. The zero-order chi connectivity index (χ0) is 18.7. The summed E-state index contributed by atoms with van der Waals surface area (Å²) in [5, 5.41) is 4.15. The number of halogens is 1. The normalized spacial score (nSPS) is 11.1. The minimum atomic E-state index is -0.203. The van der Waals surface area contributed by atoms with Gasteiger partial charge in [-0.3, -0.25) is 4.79 Å². The zero-order valence-electron chi connectivity index (χ0n) is 15.0. The van der Waals surface area contributed by atoms with E-state index in [0.717, 1.165) is 28.2 Å². The summed E-state index contributed by atoms with van der Waals surface area (Å²) in [4.78, 5) is 12.2. The summed E-state index contributed by atoms with van der Waals surface area (Å²) in [5.74, 6) is -0.203. The molecule has 0 aliphatic carbocycles. The molecule has 0 aliphatic rings. The Hall–Kier alpha value is -2.41. The summed E-state index contributed by atoms with van der Waals surface area (Å²) >= 11 is 2.34. The molecular formula is C21H20IN3O. The van der Waals surface area contributed by atoms with E-state index in [9.17, 15) is 4.79 Å². The lowest BCUT2D eigenvalue weighted by atomic mass is 10.1. The van der Waals surface area contributed by atoms with Gasteiger partial charge >= 0.3 is 0 Å². The Morgan fingerprint density at radius 1 is 1.08 bits per heavy atom. The summed E-state index contributed by atoms with van der Waals surface area (Å²) in [5.41, 5.74) is 8.51. The molecule has 0 saturated heterocycles. The fourth-order valence-corrected chi connectivity index (χ4v) is 3.60. The molecule has 0 radical (unpaired) electrons. The highest BCUT2D eigenvalue weighted by atomic mass is 127. The van der Waals surface area contributed by atoms with Crippen molar-refractivity contribution in [2.45, 2.75) is 20.8 Å². The summed E-state index contributed by atoms with van der Waals surface area (Å²) in [7, 11) is 0. The first-order valence-corrected chi connectivity index (χ1v) is 9.40. The van der Waals surface area contributed by atoms with Gasteiger partial charge in [-0.25, -0.2) is 5.43 Å². The van der Waals surface area contributed by atoms with Crippen LogP contribution in [0.25, 0.3) is 5.69 Å². The second-order valence-corrected chi connectivity index (χ2v) is 7.29. The minimum absolute atomic E-state index is 0.203. The van der Waals surface area contributed by atoms with E-state index in [2.05, 4.69) is 69.7 Å². The van der Waals surface area contributed by atoms with Crippen LogP contribution in [0.2, 0.25) is 0 Å². The Bertz CT molecular complexity index is 989. The molecule has 0 bridgehead atoms. The number of carbonyl (C=O) groups excluding carboxylic acids is 1. The number of hydrazone groups is 1. The van der Waals surface area contributed by atoms with Crippen molar-refractivity contribution in [3.05, 3.63) is 86.2 Å². The Kier molecular flexibility index (Phi) is 5.56. The van der Waals surface area contributed by atoms with Crippen molar-refractivity contribution in [2.24, 2.45) is 5.10 Å². The summed E-state index contributed by atoms with van der Waals surface area (Å²) in [6.45, 7) is 6.04. The molecule has 3 aromatic rings. The number of carbonyl (C=O) groups is 1. The molecule has 0 saturated carbocycles. The highest BCUT2D eigenvalue weighted by Crippen LogP contribution is 2.23. The molecule has 0 atom stereocenters. The van der Waals surface area contributed by atoms with Gasteiger partial charge in [-0.1, -0.05) is 30.3 Å². The van der Waals surface area contributed by atoms with E-state index in [4.69, 9.17) is 0 Å². The number of hydrogen-bond donors (Lipinski definition) is 1. The van der Waals surface area contributed by atoms with Crippen LogP contribution in [0.5, 0.6) is 0 Å². The molecular weight excluding hydrogens is 437 g/mol. The van der Waals surface area contributed by atoms with Gasteiger partial charge in [-0.2, -0.15) is 5.10 Å². The van der Waals surface area contributed by atoms with Crippen molar-refractivity contribution in [1.29, 1.82) is 0 Å². The third kappa shape index (κ3) is 3.72. The lowest BCUT2D eigenvalue weighted by molar-refractivity contribution is 0.0954. The minimum Gasteiger partial charge on any atom is -0.317 e. The van der Waals surface area contributed by atoms with Gasteiger partial charge in [0, 0.05) is 26.1 Å². The average molecular weight is 457 g/mol. The topological polar surface area (TPSA) is 46.4 Å². The molecule has 3 rings (SSSR count). The van der Waals surface area contributed by atoms with Crippen molar-refractivity contribution in [3.8, 4) is 5.69 Å². The first-order valence-electron chi connectivity index (χ1n) is 8.32. The number of aromatic nitrogens is 1. The first-order chi connectivity index (χ1) is 12.5. The Labute approximate surface area is 167 Å². The van der Waals surface area contributed by atoms with Gasteiger partial charge in [0.1, 0.15) is 0 Å². The second-order valence-electron chi connectivity index (χ2n) is 6.13. The maximum absolute atomic E-state index is 12.2. The summed E-state index contributed by atoms with van der Waals surface area (Å²) in [6.07, 6.45) is 1.70. The van der Waals surface area contributed by atoms with Crippen LogP contribution in [-0.4, -0.2) is 16.7 Å². The third-order valence-corrected chi connectivity index (χ3v) is 5.24. The number of rotatable bonds is 4. The zero-order valence-corrected chi connectivity index (χ0v) is 17.1. The number of benzene rings is 2. The van der Waals surface area contributed by atoms with Crippen molar-refractivity contribution in [1.82, 2.24) is 9.99 Å². The Morgan fingerprint density at radius 3 is 2.50 bits per heavy atom. The first kappa shape index (κ1) is 18.4. The predicted octanol–water partition coefficient (Wildman–Crippen LogP) is 4.77. The van der Waals surface area contributed by atoms with Crippen LogP contribution in [0.3, 0.4) is 0 Å². The van der Waals surface area contributed by atoms with Crippen LogP contribution in [0.15, 0.2) is 59.7 Å². The molecule has 4 nitrogen and oxygen atoms in total. The van der Waals surface area contributed by atoms with Gasteiger partial charge in [-0.15, -0.1) is 0 Å². The molecule has 26 heavy (non-hydrogen) atoms. The maximum atomic E-state index is 12.2. The Balaban J connectivity index is 1.82. The standard InChI is InChI=1S/C21H20IN3O/c1-14-8-4-5-9-18(14)21(26)24-23-13-17-12-15(2)25(16(17)3)20-11-7-6-10-19(20)22/h4-13H,1-3H3,(H,24,26)/b23-13+. The summed E-state index contributed by atoms with van der Waals surface area (Å²) < 4.78 is 3.38. The smallest absolute Gasteiger partial charge is 0.271 e. The predicted molar refractivity (Wildman–Crippen MR) is 114 cm³/mol. The van der Waals surface area contributed by atoms with Crippen LogP contribution < -0.4 is 5.43 Å². The van der Waals surface area contributed by atoms with E-state index >= 15 is 0 Å². The lowest BCUT2D eigenvalue weighted by Gasteiger charge is -2.11. The largest absolute Gasteiger partial charge is 0.317 e.